The van der Waals surface area contributed by atoms with E-state index in [-0.39, 0.29) is 0 Å². The Kier molecular flexibility index (Phi) is 6.64. The molecule has 3 nitrogen and oxygen atoms in total. The van der Waals surface area contributed by atoms with Crippen LogP contribution in [0.25, 0.3) is 10.9 Å². The molecule has 2 aromatic carbocycles. The number of nitrogens with zero attached hydrogens (tertiary/aromatic N) is 2. The maximum atomic E-state index is 6.34. The predicted octanol–water partition coefficient (Wildman–Crippen LogP) is 7.15. The van der Waals surface area contributed by atoms with Crippen LogP contribution in [0.15, 0.2) is 48.7 Å². The number of aryl methyl sites for hydroxylation is 1. The zero-order valence-corrected chi connectivity index (χ0v) is 19.4. The van der Waals surface area contributed by atoms with Gasteiger partial charge in [-0.3, -0.25) is 0 Å². The van der Waals surface area contributed by atoms with Crippen LogP contribution in [0.5, 0.6) is 0 Å². The lowest BCUT2D eigenvalue weighted by molar-refractivity contribution is 0.241. The quantitative estimate of drug-likeness (QED) is 0.426. The fraction of sp³-hybridized carbons (Fsp3) is 0.400. The maximum Gasteiger partial charge on any atom is 0.173 e. The van der Waals surface area contributed by atoms with Gasteiger partial charge in [0.15, 0.2) is 5.11 Å². The van der Waals surface area contributed by atoms with E-state index in [4.69, 9.17) is 23.8 Å². The van der Waals surface area contributed by atoms with E-state index >= 15 is 0 Å². The summed E-state index contributed by atoms with van der Waals surface area (Å²) in [5, 5.41) is 6.38. The third-order valence-electron chi connectivity index (χ3n) is 6.34. The van der Waals surface area contributed by atoms with Gasteiger partial charge in [-0.25, -0.2) is 0 Å². The summed E-state index contributed by atoms with van der Waals surface area (Å²) >= 11 is 12.3. The second kappa shape index (κ2) is 9.40. The highest BCUT2D eigenvalue weighted by Crippen LogP contribution is 2.29. The Balaban J connectivity index is 1.65. The monoisotopic (exact) mass is 439 g/mol. The molecule has 0 unspecified atom stereocenters. The van der Waals surface area contributed by atoms with Gasteiger partial charge in [0.1, 0.15) is 0 Å². The summed E-state index contributed by atoms with van der Waals surface area (Å²) in [5.41, 5.74) is 4.66. The number of rotatable bonds is 5. The molecular formula is C25H30ClN3S. The van der Waals surface area contributed by atoms with Crippen LogP contribution >= 0.6 is 23.8 Å². The Hall–Kier alpha value is -2.04. The number of benzene rings is 2. The summed E-state index contributed by atoms with van der Waals surface area (Å²) in [6.07, 6.45) is 8.57. The molecule has 0 spiro atoms. The van der Waals surface area contributed by atoms with Crippen LogP contribution in [-0.2, 0) is 13.1 Å². The van der Waals surface area contributed by atoms with Gasteiger partial charge in [0.25, 0.3) is 0 Å². The van der Waals surface area contributed by atoms with Crippen molar-refractivity contribution in [1.29, 1.82) is 0 Å². The van der Waals surface area contributed by atoms with Crippen LogP contribution in [0.1, 0.15) is 50.2 Å². The SMILES string of the molecule is CCn1cc(CN(C(=S)Nc2cccc(Cl)c2C)C2CCCCC2)c2ccccc21. The molecule has 1 aliphatic carbocycles. The van der Waals surface area contributed by atoms with Gasteiger partial charge in [-0.1, -0.05) is 55.1 Å². The molecule has 158 valence electrons. The Morgan fingerprint density at radius 3 is 2.67 bits per heavy atom. The first-order valence-electron chi connectivity index (χ1n) is 11.0. The summed E-state index contributed by atoms with van der Waals surface area (Å²) in [6, 6.07) is 15.1. The fourth-order valence-electron chi connectivity index (χ4n) is 4.58. The van der Waals surface area contributed by atoms with Crippen molar-refractivity contribution in [3.8, 4) is 0 Å². The molecule has 1 aliphatic rings. The summed E-state index contributed by atoms with van der Waals surface area (Å²) in [4.78, 5) is 2.41. The average Bonchev–Trinajstić information content (AvgIpc) is 3.13. The first-order chi connectivity index (χ1) is 14.6. The molecule has 0 aliphatic heterocycles. The van der Waals surface area contributed by atoms with Crippen LogP contribution in [-0.4, -0.2) is 20.6 Å². The van der Waals surface area contributed by atoms with Crippen molar-refractivity contribution in [2.24, 2.45) is 0 Å². The number of nitrogens with one attached hydrogen (secondary N) is 1. The molecule has 0 amide bonds. The predicted molar refractivity (Wildman–Crippen MR) is 132 cm³/mol. The fourth-order valence-corrected chi connectivity index (χ4v) is 5.08. The summed E-state index contributed by atoms with van der Waals surface area (Å²) in [5.74, 6) is 0. The first kappa shape index (κ1) is 21.2. The highest BCUT2D eigenvalue weighted by Gasteiger charge is 2.25. The molecule has 30 heavy (non-hydrogen) atoms. The second-order valence-corrected chi connectivity index (χ2v) is 9.01. The van der Waals surface area contributed by atoms with Crippen molar-refractivity contribution in [2.75, 3.05) is 5.32 Å². The minimum atomic E-state index is 0.474. The van der Waals surface area contributed by atoms with E-state index in [9.17, 15) is 0 Å². The van der Waals surface area contributed by atoms with Crippen LogP contribution in [0.2, 0.25) is 5.02 Å². The Morgan fingerprint density at radius 2 is 1.90 bits per heavy atom. The number of thiocarbonyl (C=S) groups is 1. The molecule has 0 radical (unpaired) electrons. The van der Waals surface area contributed by atoms with E-state index in [1.54, 1.807) is 0 Å². The van der Waals surface area contributed by atoms with E-state index in [0.29, 0.717) is 6.04 Å². The molecule has 1 saturated carbocycles. The molecule has 5 heteroatoms. The van der Waals surface area contributed by atoms with Gasteiger partial charge in [-0.15, -0.1) is 0 Å². The molecule has 0 atom stereocenters. The molecule has 0 bridgehead atoms. The number of fused-ring (bicyclic) bond motifs is 1. The third kappa shape index (κ3) is 4.35. The lowest BCUT2D eigenvalue weighted by atomic mass is 9.94. The van der Waals surface area contributed by atoms with Crippen LogP contribution in [0.3, 0.4) is 0 Å². The topological polar surface area (TPSA) is 20.2 Å². The van der Waals surface area contributed by atoms with Gasteiger partial charge >= 0.3 is 0 Å². The lowest BCUT2D eigenvalue weighted by Gasteiger charge is -2.36. The van der Waals surface area contributed by atoms with Crippen molar-refractivity contribution in [1.82, 2.24) is 9.47 Å². The molecule has 1 aromatic heterocycles. The van der Waals surface area contributed by atoms with Gasteiger partial charge in [-0.2, -0.15) is 0 Å². The minimum Gasteiger partial charge on any atom is -0.347 e. The van der Waals surface area contributed by atoms with Crippen molar-refractivity contribution in [3.05, 3.63) is 64.8 Å². The first-order valence-corrected chi connectivity index (χ1v) is 11.8. The van der Waals surface area contributed by atoms with Crippen LogP contribution in [0, 0.1) is 6.92 Å². The number of aromatic nitrogens is 1. The Morgan fingerprint density at radius 1 is 1.13 bits per heavy atom. The highest BCUT2D eigenvalue weighted by molar-refractivity contribution is 7.80. The average molecular weight is 440 g/mol. The smallest absolute Gasteiger partial charge is 0.173 e. The van der Waals surface area contributed by atoms with Crippen LogP contribution < -0.4 is 5.32 Å². The number of halogens is 1. The molecule has 1 N–H and O–H groups in total. The van der Waals surface area contributed by atoms with Crippen molar-refractivity contribution in [3.63, 3.8) is 0 Å². The Labute approximate surface area is 190 Å². The van der Waals surface area contributed by atoms with E-state index in [2.05, 4.69) is 58.2 Å². The molecule has 4 rings (SSSR count). The largest absolute Gasteiger partial charge is 0.347 e. The molecule has 3 aromatic rings. The maximum absolute atomic E-state index is 6.34. The summed E-state index contributed by atoms with van der Waals surface area (Å²) in [6.45, 7) is 6.02. The number of para-hydroxylation sites is 1. The standard InChI is InChI=1S/C25H30ClN3S/c1-3-28-16-19(21-12-7-8-15-24(21)28)17-29(20-10-5-4-6-11-20)25(30)27-23-14-9-13-22(26)18(23)2/h7-9,12-16,20H,3-6,10-11,17H2,1-2H3,(H,27,30). The van der Waals surface area contributed by atoms with E-state index in [1.807, 2.05) is 19.1 Å². The highest BCUT2D eigenvalue weighted by atomic mass is 35.5. The normalized spacial score (nSPS) is 14.8. The summed E-state index contributed by atoms with van der Waals surface area (Å²) in [7, 11) is 0. The Bertz CT molecular complexity index is 1040. The van der Waals surface area contributed by atoms with E-state index < -0.39 is 0 Å². The summed E-state index contributed by atoms with van der Waals surface area (Å²) < 4.78 is 2.33. The number of hydrogen-bond donors (Lipinski definition) is 1. The third-order valence-corrected chi connectivity index (χ3v) is 7.08. The zero-order chi connectivity index (χ0) is 21.1. The molecule has 0 saturated heterocycles. The zero-order valence-electron chi connectivity index (χ0n) is 17.8. The van der Waals surface area contributed by atoms with Gasteiger partial charge in [0.05, 0.1) is 0 Å². The van der Waals surface area contributed by atoms with Gasteiger partial charge < -0.3 is 14.8 Å². The number of anilines is 1. The van der Waals surface area contributed by atoms with Crippen molar-refractivity contribution < 1.29 is 0 Å². The molecular weight excluding hydrogens is 410 g/mol. The molecule has 1 fully saturated rings. The van der Waals surface area contributed by atoms with Crippen molar-refractivity contribution >= 4 is 45.5 Å². The van der Waals surface area contributed by atoms with E-state index in [1.165, 1.54) is 48.6 Å². The van der Waals surface area contributed by atoms with Crippen LogP contribution in [0.4, 0.5) is 5.69 Å². The second-order valence-electron chi connectivity index (χ2n) is 8.22. The van der Waals surface area contributed by atoms with Gasteiger partial charge in [-0.05, 0) is 68.2 Å². The minimum absolute atomic E-state index is 0.474. The van der Waals surface area contributed by atoms with Gasteiger partial charge in [0.2, 0.25) is 0 Å². The van der Waals surface area contributed by atoms with Gasteiger partial charge in [0, 0.05) is 46.9 Å². The molecule has 1 heterocycles. The van der Waals surface area contributed by atoms with E-state index in [0.717, 1.165) is 34.5 Å². The number of hydrogen-bond acceptors (Lipinski definition) is 1. The van der Waals surface area contributed by atoms with Crippen molar-refractivity contribution in [2.45, 2.75) is 65.1 Å². The lowest BCUT2D eigenvalue weighted by Crippen LogP contribution is -2.43.